The topological polar surface area (TPSA) is 137 Å². The van der Waals surface area contributed by atoms with E-state index in [1.807, 2.05) is 13.8 Å². The number of carbonyl (C=O) groups is 3. The lowest BCUT2D eigenvalue weighted by molar-refractivity contribution is -0.508. The number of nitro groups is 1. The number of fused-ring (bicyclic) bond motifs is 1. The lowest BCUT2D eigenvalue weighted by Crippen LogP contribution is -2.56. The number of amides is 2. The molecule has 1 heterocycles. The lowest BCUT2D eigenvalue weighted by Gasteiger charge is -2.41. The molecular formula is C29H38F3N3O7. The zero-order valence-corrected chi connectivity index (χ0v) is 24.0. The van der Waals surface area contributed by atoms with Crippen LogP contribution in [0.15, 0.2) is 46.8 Å². The van der Waals surface area contributed by atoms with E-state index in [0.717, 1.165) is 0 Å². The van der Waals surface area contributed by atoms with Crippen molar-refractivity contribution in [1.29, 1.82) is 0 Å². The minimum absolute atomic E-state index is 0.0831. The third-order valence-corrected chi connectivity index (χ3v) is 7.82. The number of halogens is 3. The first-order chi connectivity index (χ1) is 19.9. The summed E-state index contributed by atoms with van der Waals surface area (Å²) in [5, 5.41) is 16.3. The minimum Gasteiger partial charge on any atom is -0.493 e. The zero-order chi connectivity index (χ0) is 31.1. The van der Waals surface area contributed by atoms with Crippen molar-refractivity contribution in [2.75, 3.05) is 13.2 Å². The highest BCUT2D eigenvalue weighted by atomic mass is 19.4. The largest absolute Gasteiger partial charge is 0.493 e. The third kappa shape index (κ3) is 7.40. The van der Waals surface area contributed by atoms with E-state index in [1.54, 1.807) is 12.2 Å². The minimum atomic E-state index is -4.55. The Bertz CT molecular complexity index is 1180. The van der Waals surface area contributed by atoms with Gasteiger partial charge >= 0.3 is 12.1 Å². The fourth-order valence-electron chi connectivity index (χ4n) is 5.62. The number of hydrogen-bond donors (Lipinski definition) is 2. The molecule has 13 heteroatoms. The second-order valence-electron chi connectivity index (χ2n) is 10.8. The maximum Gasteiger partial charge on any atom is 0.393 e. The molecule has 0 bridgehead atoms. The number of rotatable bonds is 14. The Balaban J connectivity index is 1.70. The lowest BCUT2D eigenvalue weighted by atomic mass is 9.73. The number of carbonyl (C=O) groups excluding carboxylic acids is 3. The Morgan fingerprint density at radius 3 is 2.55 bits per heavy atom. The molecule has 1 saturated heterocycles. The van der Waals surface area contributed by atoms with Crippen LogP contribution in [0, 0.1) is 22.0 Å². The molecule has 5 atom stereocenters. The molecule has 232 valence electrons. The van der Waals surface area contributed by atoms with E-state index in [2.05, 4.69) is 10.6 Å². The van der Waals surface area contributed by atoms with Crippen LogP contribution in [0.2, 0.25) is 0 Å². The van der Waals surface area contributed by atoms with Crippen molar-refractivity contribution in [2.45, 2.75) is 89.6 Å². The van der Waals surface area contributed by atoms with Gasteiger partial charge in [-0.15, -0.1) is 0 Å². The summed E-state index contributed by atoms with van der Waals surface area (Å²) >= 11 is 0. The average molecular weight is 598 g/mol. The molecule has 0 spiro atoms. The number of nitrogens with one attached hydrogen (secondary N) is 2. The summed E-state index contributed by atoms with van der Waals surface area (Å²) in [6.45, 7) is 5.59. The maximum absolute atomic E-state index is 13.9. The number of nitrogens with zero attached hydrogens (tertiary/aromatic N) is 1. The molecular weight excluding hydrogens is 559 g/mol. The molecule has 0 aromatic carbocycles. The van der Waals surface area contributed by atoms with Crippen LogP contribution in [-0.2, 0) is 23.9 Å². The van der Waals surface area contributed by atoms with Gasteiger partial charge in [-0.2, -0.15) is 13.2 Å². The molecule has 0 aromatic rings. The first-order valence-corrected chi connectivity index (χ1v) is 14.2. The highest BCUT2D eigenvalue weighted by molar-refractivity contribution is 5.92. The molecule has 0 radical (unpaired) electrons. The van der Waals surface area contributed by atoms with E-state index >= 15 is 0 Å². The fraction of sp³-hybridized carbons (Fsp3) is 0.621. The summed E-state index contributed by atoms with van der Waals surface area (Å²) in [6.07, 6.45) is 2.63. The predicted octanol–water partition coefficient (Wildman–Crippen LogP) is 4.45. The quantitative estimate of drug-likeness (QED) is 0.0993. The van der Waals surface area contributed by atoms with E-state index in [0.29, 0.717) is 61.0 Å². The summed E-state index contributed by atoms with van der Waals surface area (Å²) in [6, 6.07) is -0.903. The number of ether oxygens (including phenoxy) is 2. The Labute approximate surface area is 242 Å². The van der Waals surface area contributed by atoms with Crippen LogP contribution >= 0.6 is 0 Å². The van der Waals surface area contributed by atoms with Gasteiger partial charge in [0.15, 0.2) is 0 Å². The van der Waals surface area contributed by atoms with Gasteiger partial charge in [0.05, 0.1) is 18.9 Å². The number of allylic oxidation sites excluding steroid dienone is 1. The van der Waals surface area contributed by atoms with Crippen LogP contribution in [-0.4, -0.2) is 60.2 Å². The van der Waals surface area contributed by atoms with Crippen LogP contribution in [0.25, 0.3) is 0 Å². The number of esters is 1. The molecule has 10 nitrogen and oxygen atoms in total. The Morgan fingerprint density at radius 1 is 1.26 bits per heavy atom. The van der Waals surface area contributed by atoms with Crippen LogP contribution in [0.3, 0.4) is 0 Å². The summed E-state index contributed by atoms with van der Waals surface area (Å²) < 4.78 is 53.2. The van der Waals surface area contributed by atoms with Crippen molar-refractivity contribution in [3.8, 4) is 0 Å². The van der Waals surface area contributed by atoms with E-state index in [4.69, 9.17) is 9.47 Å². The van der Waals surface area contributed by atoms with Crippen molar-refractivity contribution in [1.82, 2.24) is 10.6 Å². The van der Waals surface area contributed by atoms with Gasteiger partial charge < -0.3 is 20.1 Å². The Kier molecular flexibility index (Phi) is 11.0. The molecule has 1 fully saturated rings. The summed E-state index contributed by atoms with van der Waals surface area (Å²) in [5.74, 6) is -3.79. The zero-order valence-electron chi connectivity index (χ0n) is 24.0. The van der Waals surface area contributed by atoms with Crippen LogP contribution in [0.1, 0.15) is 65.7 Å². The predicted molar refractivity (Wildman–Crippen MR) is 146 cm³/mol. The van der Waals surface area contributed by atoms with Gasteiger partial charge in [0.25, 0.3) is 0 Å². The van der Waals surface area contributed by atoms with E-state index < -0.39 is 58.9 Å². The third-order valence-electron chi connectivity index (χ3n) is 7.82. The van der Waals surface area contributed by atoms with Gasteiger partial charge in [-0.1, -0.05) is 44.9 Å². The van der Waals surface area contributed by atoms with Crippen LogP contribution in [0.4, 0.5) is 13.2 Å². The Hall–Kier alpha value is -3.64. The van der Waals surface area contributed by atoms with Gasteiger partial charge in [-0.3, -0.25) is 24.5 Å². The normalized spacial score (nSPS) is 25.3. The maximum atomic E-state index is 13.9. The van der Waals surface area contributed by atoms with Crippen molar-refractivity contribution in [3.63, 3.8) is 0 Å². The highest BCUT2D eigenvalue weighted by Crippen LogP contribution is 2.48. The van der Waals surface area contributed by atoms with Gasteiger partial charge in [0.2, 0.25) is 18.4 Å². The molecule has 5 unspecified atom stereocenters. The van der Waals surface area contributed by atoms with Crippen molar-refractivity contribution < 1.29 is 42.0 Å². The van der Waals surface area contributed by atoms with Gasteiger partial charge in [0, 0.05) is 29.4 Å². The number of hydrogen-bond acceptors (Lipinski definition) is 7. The van der Waals surface area contributed by atoms with Crippen molar-refractivity contribution in [3.05, 3.63) is 56.9 Å². The molecule has 2 aliphatic carbocycles. The molecule has 0 saturated carbocycles. The van der Waals surface area contributed by atoms with Gasteiger partial charge in [-0.25, -0.2) is 0 Å². The summed E-state index contributed by atoms with van der Waals surface area (Å²) in [5.41, 5.74) is 0.172. The highest BCUT2D eigenvalue weighted by Gasteiger charge is 2.54. The monoisotopic (exact) mass is 597 g/mol. The average Bonchev–Trinajstić information content (AvgIpc) is 2.93. The van der Waals surface area contributed by atoms with Crippen LogP contribution < -0.4 is 10.6 Å². The number of alkyl halides is 3. The molecule has 2 amide bonds. The second kappa shape index (κ2) is 14.0. The van der Waals surface area contributed by atoms with Gasteiger partial charge in [0.1, 0.15) is 17.4 Å². The summed E-state index contributed by atoms with van der Waals surface area (Å²) in [4.78, 5) is 47.1. The van der Waals surface area contributed by atoms with E-state index in [-0.39, 0.29) is 19.6 Å². The van der Waals surface area contributed by atoms with Gasteiger partial charge in [-0.05, 0) is 43.4 Å². The first-order valence-electron chi connectivity index (χ1n) is 14.2. The van der Waals surface area contributed by atoms with E-state index in [9.17, 15) is 37.7 Å². The first kappa shape index (κ1) is 32.9. The molecule has 0 aromatic heterocycles. The van der Waals surface area contributed by atoms with E-state index in [1.165, 1.54) is 19.1 Å². The Morgan fingerprint density at radius 2 is 1.98 bits per heavy atom. The molecule has 1 aliphatic heterocycles. The summed E-state index contributed by atoms with van der Waals surface area (Å²) in [7, 11) is 0. The van der Waals surface area contributed by atoms with Crippen molar-refractivity contribution in [2.24, 2.45) is 11.8 Å². The van der Waals surface area contributed by atoms with Crippen molar-refractivity contribution >= 4 is 18.3 Å². The standard InChI is InChI=1S/C29H38F3N3O7/c1-4-7-18-15-22-23(29(30,31)32)16-24(37)42-26(22)21(8-5-2)25(18)41-14-6-13-33-27(38)28(3,34-17-36)19-9-11-20(12-10-19)35(39)40/h9-11,15,17,20,22-23,26H,4-8,12-14,16H2,1-3H3,(H,33,38)(H,34,36). The molecule has 3 aliphatic rings. The SMILES string of the molecule is CCCC1=CC2C(OC(=O)CC2C(F)(F)F)C(CCC)=C1OCCCNC(=O)C(C)(NC=O)C1=CCC([N+](=O)[O-])C=C1. The fourth-order valence-corrected chi connectivity index (χ4v) is 5.62. The van der Waals surface area contributed by atoms with Crippen LogP contribution in [0.5, 0.6) is 0 Å². The molecule has 2 N–H and O–H groups in total. The second-order valence-corrected chi connectivity index (χ2v) is 10.8. The smallest absolute Gasteiger partial charge is 0.393 e. The molecule has 3 rings (SSSR count). The molecule has 42 heavy (non-hydrogen) atoms.